The topological polar surface area (TPSA) is 67.2 Å². The molecule has 2 rings (SSSR count). The number of carboxylic acid groups (broad SMARTS) is 1. The molecule has 1 aromatic heterocycles. The van der Waals surface area contributed by atoms with Gasteiger partial charge in [-0.2, -0.15) is 16.9 Å². The van der Waals surface area contributed by atoms with Crippen molar-refractivity contribution in [3.8, 4) is 0 Å². The fourth-order valence-corrected chi connectivity index (χ4v) is 3.55. The molecule has 2 heterocycles. The number of carboxylic acids is 1. The van der Waals surface area contributed by atoms with Gasteiger partial charge in [0.15, 0.2) is 0 Å². The Bertz CT molecular complexity index is 439. The summed E-state index contributed by atoms with van der Waals surface area (Å²) in [4.78, 5) is 11.0. The van der Waals surface area contributed by atoms with Gasteiger partial charge in [0.1, 0.15) is 5.56 Å². The number of aromatic carboxylic acids is 1. The largest absolute Gasteiger partial charge is 0.478 e. The SMILES string of the molecule is Cn1ncc(C(=O)O)c1CNCC1(C)CCCS1. The fraction of sp³-hybridized carbons (Fsp3) is 0.667. The molecule has 6 heteroatoms. The maximum atomic E-state index is 11.0. The molecule has 1 fully saturated rings. The number of thioether (sulfide) groups is 1. The number of rotatable bonds is 5. The molecule has 1 atom stereocenters. The highest BCUT2D eigenvalue weighted by Crippen LogP contribution is 2.36. The number of aryl methyl sites for hydroxylation is 1. The van der Waals surface area contributed by atoms with E-state index in [9.17, 15) is 4.79 Å². The lowest BCUT2D eigenvalue weighted by atomic mass is 10.1. The molecular formula is C12H19N3O2S. The summed E-state index contributed by atoms with van der Waals surface area (Å²) in [6.45, 7) is 3.72. The van der Waals surface area contributed by atoms with Crippen molar-refractivity contribution >= 4 is 17.7 Å². The van der Waals surface area contributed by atoms with Crippen molar-refractivity contribution in [2.75, 3.05) is 12.3 Å². The molecule has 100 valence electrons. The van der Waals surface area contributed by atoms with Crippen LogP contribution in [0.4, 0.5) is 0 Å². The molecule has 2 N–H and O–H groups in total. The Kier molecular flexibility index (Phi) is 3.97. The fourth-order valence-electron chi connectivity index (χ4n) is 2.27. The second-order valence-corrected chi connectivity index (χ2v) is 6.62. The van der Waals surface area contributed by atoms with Gasteiger partial charge in [0.2, 0.25) is 0 Å². The van der Waals surface area contributed by atoms with Crippen LogP contribution in [0.1, 0.15) is 35.8 Å². The van der Waals surface area contributed by atoms with E-state index in [4.69, 9.17) is 5.11 Å². The highest BCUT2D eigenvalue weighted by Gasteiger charge is 2.29. The first-order valence-corrected chi connectivity index (χ1v) is 7.09. The predicted molar refractivity (Wildman–Crippen MR) is 72.0 cm³/mol. The van der Waals surface area contributed by atoms with E-state index in [1.807, 2.05) is 11.8 Å². The highest BCUT2D eigenvalue weighted by molar-refractivity contribution is 8.00. The maximum absolute atomic E-state index is 11.0. The van der Waals surface area contributed by atoms with Crippen LogP contribution < -0.4 is 5.32 Å². The zero-order valence-electron chi connectivity index (χ0n) is 10.8. The van der Waals surface area contributed by atoms with Crippen molar-refractivity contribution in [3.05, 3.63) is 17.5 Å². The van der Waals surface area contributed by atoms with Crippen molar-refractivity contribution in [2.45, 2.75) is 31.1 Å². The summed E-state index contributed by atoms with van der Waals surface area (Å²) in [5.74, 6) is 0.311. The molecule has 0 spiro atoms. The third kappa shape index (κ3) is 2.87. The average Bonchev–Trinajstić information content (AvgIpc) is 2.87. The molecule has 0 bridgehead atoms. The van der Waals surface area contributed by atoms with Gasteiger partial charge in [0.05, 0.1) is 11.9 Å². The number of hydrogen-bond acceptors (Lipinski definition) is 4. The number of nitrogens with zero attached hydrogens (tertiary/aromatic N) is 2. The summed E-state index contributed by atoms with van der Waals surface area (Å²) in [6.07, 6.45) is 3.90. The third-order valence-corrected chi connectivity index (χ3v) is 4.92. The average molecular weight is 269 g/mol. The van der Waals surface area contributed by atoms with E-state index in [2.05, 4.69) is 17.3 Å². The summed E-state index contributed by atoms with van der Waals surface area (Å²) >= 11 is 2.00. The third-order valence-electron chi connectivity index (χ3n) is 3.38. The number of carbonyl (C=O) groups is 1. The smallest absolute Gasteiger partial charge is 0.339 e. The molecule has 18 heavy (non-hydrogen) atoms. The van der Waals surface area contributed by atoms with Crippen molar-refractivity contribution in [1.29, 1.82) is 0 Å². The van der Waals surface area contributed by atoms with Crippen LogP contribution in [-0.2, 0) is 13.6 Å². The first-order chi connectivity index (χ1) is 8.52. The second kappa shape index (κ2) is 5.32. The van der Waals surface area contributed by atoms with Crippen LogP contribution in [0.3, 0.4) is 0 Å². The zero-order chi connectivity index (χ0) is 13.2. The van der Waals surface area contributed by atoms with Crippen LogP contribution in [0, 0.1) is 0 Å². The van der Waals surface area contributed by atoms with Gasteiger partial charge in [-0.1, -0.05) is 0 Å². The van der Waals surface area contributed by atoms with Gasteiger partial charge in [-0.15, -0.1) is 0 Å². The first kappa shape index (κ1) is 13.4. The van der Waals surface area contributed by atoms with E-state index in [0.717, 1.165) is 12.2 Å². The van der Waals surface area contributed by atoms with Crippen molar-refractivity contribution < 1.29 is 9.90 Å². The van der Waals surface area contributed by atoms with Gasteiger partial charge in [-0.25, -0.2) is 4.79 Å². The Morgan fingerprint density at radius 3 is 3.11 bits per heavy atom. The summed E-state index contributed by atoms with van der Waals surface area (Å²) in [5.41, 5.74) is 1.02. The van der Waals surface area contributed by atoms with Crippen molar-refractivity contribution in [1.82, 2.24) is 15.1 Å². The summed E-state index contributed by atoms with van der Waals surface area (Å²) < 4.78 is 1.92. The minimum atomic E-state index is -0.915. The van der Waals surface area contributed by atoms with E-state index in [1.54, 1.807) is 11.7 Å². The quantitative estimate of drug-likeness (QED) is 0.848. The second-order valence-electron chi connectivity index (χ2n) is 4.94. The lowest BCUT2D eigenvalue weighted by Crippen LogP contribution is -2.33. The van der Waals surface area contributed by atoms with Crippen LogP contribution in [0.15, 0.2) is 6.20 Å². The molecule has 0 radical (unpaired) electrons. The Balaban J connectivity index is 1.94. The van der Waals surface area contributed by atoms with Crippen LogP contribution in [-0.4, -0.2) is 37.9 Å². The molecule has 0 saturated carbocycles. The number of aromatic nitrogens is 2. The first-order valence-electron chi connectivity index (χ1n) is 6.11. The monoisotopic (exact) mass is 269 g/mol. The van der Waals surface area contributed by atoms with Gasteiger partial charge < -0.3 is 10.4 Å². The molecule has 1 aliphatic heterocycles. The summed E-state index contributed by atoms with van der Waals surface area (Å²) in [7, 11) is 1.77. The van der Waals surface area contributed by atoms with Gasteiger partial charge in [0, 0.05) is 24.9 Å². The molecule has 0 aliphatic carbocycles. The van der Waals surface area contributed by atoms with Crippen LogP contribution in [0.25, 0.3) is 0 Å². The minimum Gasteiger partial charge on any atom is -0.478 e. The van der Waals surface area contributed by atoms with Gasteiger partial charge >= 0.3 is 5.97 Å². The molecular weight excluding hydrogens is 250 g/mol. The summed E-state index contributed by atoms with van der Waals surface area (Å²) in [6, 6.07) is 0. The highest BCUT2D eigenvalue weighted by atomic mass is 32.2. The van der Waals surface area contributed by atoms with Gasteiger partial charge in [0.25, 0.3) is 0 Å². The van der Waals surface area contributed by atoms with Crippen molar-refractivity contribution in [3.63, 3.8) is 0 Å². The predicted octanol–water partition coefficient (Wildman–Crippen LogP) is 1.49. The standard InChI is InChI=1S/C12H19N3O2S/c1-12(4-3-5-18-12)8-13-7-10-9(11(16)17)6-14-15(10)2/h6,13H,3-5,7-8H2,1-2H3,(H,16,17). The van der Waals surface area contributed by atoms with E-state index in [0.29, 0.717) is 11.3 Å². The maximum Gasteiger partial charge on any atom is 0.339 e. The van der Waals surface area contributed by atoms with Crippen LogP contribution >= 0.6 is 11.8 Å². The molecule has 1 aromatic rings. The van der Waals surface area contributed by atoms with Crippen LogP contribution in [0.2, 0.25) is 0 Å². The molecule has 1 aliphatic rings. The van der Waals surface area contributed by atoms with Crippen molar-refractivity contribution in [2.24, 2.45) is 7.05 Å². The Hall–Kier alpha value is -1.01. The van der Waals surface area contributed by atoms with Crippen LogP contribution in [0.5, 0.6) is 0 Å². The molecule has 1 saturated heterocycles. The zero-order valence-corrected chi connectivity index (χ0v) is 11.6. The lowest BCUT2D eigenvalue weighted by Gasteiger charge is -2.23. The molecule has 0 amide bonds. The normalized spacial score (nSPS) is 23.4. The van der Waals surface area contributed by atoms with E-state index in [1.165, 1.54) is 24.8 Å². The number of nitrogens with one attached hydrogen (secondary N) is 1. The molecule has 0 aromatic carbocycles. The van der Waals surface area contributed by atoms with Gasteiger partial charge in [-0.05, 0) is 25.5 Å². The number of hydrogen-bond donors (Lipinski definition) is 2. The Morgan fingerprint density at radius 1 is 1.72 bits per heavy atom. The van der Waals surface area contributed by atoms with E-state index in [-0.39, 0.29) is 5.56 Å². The van der Waals surface area contributed by atoms with E-state index >= 15 is 0 Å². The molecule has 1 unspecified atom stereocenters. The Morgan fingerprint density at radius 2 is 2.50 bits per heavy atom. The van der Waals surface area contributed by atoms with E-state index < -0.39 is 5.97 Å². The molecule has 5 nitrogen and oxygen atoms in total. The Labute approximate surface area is 111 Å². The van der Waals surface area contributed by atoms with Gasteiger partial charge in [-0.3, -0.25) is 4.68 Å². The summed E-state index contributed by atoms with van der Waals surface area (Å²) in [5, 5.41) is 16.4. The lowest BCUT2D eigenvalue weighted by molar-refractivity contribution is 0.0695. The minimum absolute atomic E-state index is 0.286.